The lowest BCUT2D eigenvalue weighted by atomic mass is 9.99. The van der Waals surface area contributed by atoms with Crippen LogP contribution >= 0.6 is 0 Å². The van der Waals surface area contributed by atoms with E-state index in [1.54, 1.807) is 0 Å². The van der Waals surface area contributed by atoms with Crippen molar-refractivity contribution in [2.75, 3.05) is 0 Å². The van der Waals surface area contributed by atoms with E-state index >= 15 is 0 Å². The predicted octanol–water partition coefficient (Wildman–Crippen LogP) is 2.42. The normalized spacial score (nSPS) is 12.5. The number of hydrogen-bond acceptors (Lipinski definition) is 2. The molecule has 0 saturated carbocycles. The van der Waals surface area contributed by atoms with E-state index in [4.69, 9.17) is 0 Å². The standard InChI is InChI=1S/2C5H9O.CH3.Al/c2*1-5(2,3)4-6;;/h2*1-3H3;1H3;. The molecule has 0 spiro atoms. The molecule has 0 radical (unpaired) electrons. The molecule has 3 heteroatoms. The van der Waals surface area contributed by atoms with Gasteiger partial charge in [0.2, 0.25) is 0 Å². The molecular formula is C11H21AlO2. The molecule has 0 atom stereocenters. The predicted molar refractivity (Wildman–Crippen MR) is 60.5 cm³/mol. The summed E-state index contributed by atoms with van der Waals surface area (Å²) in [7, 11) is 0. The second kappa shape index (κ2) is 4.16. The van der Waals surface area contributed by atoms with Gasteiger partial charge in [0.15, 0.2) is 0 Å². The van der Waals surface area contributed by atoms with Gasteiger partial charge in [0.1, 0.15) is 0 Å². The smallest absolute Gasteiger partial charge is 0.319 e. The largest absolute Gasteiger partial charge is 0.459 e. The zero-order valence-corrected chi connectivity index (χ0v) is 11.5. The van der Waals surface area contributed by atoms with E-state index in [1.165, 1.54) is 0 Å². The molecule has 2 nitrogen and oxygen atoms in total. The lowest BCUT2D eigenvalue weighted by Gasteiger charge is -2.24. The average molecular weight is 212 g/mol. The summed E-state index contributed by atoms with van der Waals surface area (Å²) in [5.74, 6) is 1.85. The van der Waals surface area contributed by atoms with Gasteiger partial charge in [-0.25, -0.2) is 0 Å². The first kappa shape index (κ1) is 13.9. The first-order valence-corrected chi connectivity index (χ1v) is 7.37. The molecule has 0 N–H and O–H groups in total. The second-order valence-electron chi connectivity index (χ2n) is 5.95. The van der Waals surface area contributed by atoms with Crippen molar-refractivity contribution in [3.63, 3.8) is 0 Å². The first-order chi connectivity index (χ1) is 5.98. The molecule has 0 aromatic rings. The fourth-order valence-corrected chi connectivity index (χ4v) is 4.25. The van der Waals surface area contributed by atoms with Crippen molar-refractivity contribution in [2.45, 2.75) is 47.3 Å². The molecule has 0 heterocycles. The third-order valence-electron chi connectivity index (χ3n) is 2.26. The summed E-state index contributed by atoms with van der Waals surface area (Å²) in [6, 6.07) is 0. The Hall–Kier alpha value is -0.128. The van der Waals surface area contributed by atoms with Crippen molar-refractivity contribution in [2.24, 2.45) is 10.8 Å². The maximum absolute atomic E-state index is 11.9. The highest BCUT2D eigenvalue weighted by Crippen LogP contribution is 2.22. The summed E-state index contributed by atoms with van der Waals surface area (Å²) in [5.41, 5.74) is -0.737. The minimum atomic E-state index is -1.92. The van der Waals surface area contributed by atoms with Crippen molar-refractivity contribution in [3.8, 4) is 0 Å². The van der Waals surface area contributed by atoms with Crippen molar-refractivity contribution in [1.29, 1.82) is 0 Å². The van der Waals surface area contributed by atoms with Crippen LogP contribution in [0, 0.1) is 10.8 Å². The molecule has 0 aliphatic rings. The van der Waals surface area contributed by atoms with E-state index in [9.17, 15) is 9.59 Å². The highest BCUT2D eigenvalue weighted by atomic mass is 27.2. The minimum Gasteiger partial charge on any atom is -0.319 e. The van der Waals surface area contributed by atoms with Crippen LogP contribution in [0.5, 0.6) is 0 Å². The van der Waals surface area contributed by atoms with E-state index in [0.717, 1.165) is 0 Å². The van der Waals surface area contributed by atoms with Gasteiger partial charge in [-0.1, -0.05) is 47.3 Å². The van der Waals surface area contributed by atoms with E-state index < -0.39 is 14.1 Å². The zero-order chi connectivity index (χ0) is 11.7. The molecule has 0 aromatic heterocycles. The van der Waals surface area contributed by atoms with Gasteiger partial charge in [0.05, 0.1) is 9.29 Å². The lowest BCUT2D eigenvalue weighted by Crippen LogP contribution is -2.45. The van der Waals surface area contributed by atoms with Crippen LogP contribution in [0.2, 0.25) is 5.79 Å². The van der Waals surface area contributed by atoms with Crippen molar-refractivity contribution in [3.05, 3.63) is 0 Å². The molecule has 0 aliphatic carbocycles. The second-order valence-corrected chi connectivity index (χ2v) is 8.44. The molecule has 14 heavy (non-hydrogen) atoms. The Bertz CT molecular complexity index is 217. The molecule has 0 fully saturated rings. The molecule has 80 valence electrons. The molecule has 0 aliphatic heterocycles. The van der Waals surface area contributed by atoms with Crippen LogP contribution in [0.3, 0.4) is 0 Å². The van der Waals surface area contributed by atoms with E-state index in [-0.39, 0.29) is 20.1 Å². The van der Waals surface area contributed by atoms with E-state index in [0.29, 0.717) is 0 Å². The van der Waals surface area contributed by atoms with Crippen molar-refractivity contribution in [1.82, 2.24) is 0 Å². The summed E-state index contributed by atoms with van der Waals surface area (Å²) < 4.78 is 0.329. The Morgan fingerprint density at radius 1 is 0.786 bits per heavy atom. The van der Waals surface area contributed by atoms with Gasteiger partial charge in [0.25, 0.3) is 0 Å². The SMILES string of the molecule is [CH3][Al]([C](=O)C(C)(C)C)[C](=O)C(C)(C)C. The molecule has 0 aromatic carbocycles. The van der Waals surface area contributed by atoms with Gasteiger partial charge in [-0.05, 0) is 0 Å². The van der Waals surface area contributed by atoms with Gasteiger partial charge in [-0.15, -0.1) is 0 Å². The van der Waals surface area contributed by atoms with Crippen LogP contribution in [0.1, 0.15) is 41.5 Å². The summed E-state index contributed by atoms with van der Waals surface area (Å²) in [6.07, 6.45) is 0. The summed E-state index contributed by atoms with van der Waals surface area (Å²) in [6.45, 7) is 11.3. The van der Waals surface area contributed by atoms with E-state index in [2.05, 4.69) is 0 Å². The third kappa shape index (κ3) is 3.55. The van der Waals surface area contributed by atoms with Gasteiger partial charge >= 0.3 is 14.1 Å². The maximum atomic E-state index is 11.9. The molecule has 0 saturated heterocycles. The molecular weight excluding hydrogens is 191 g/mol. The molecule has 0 amide bonds. The maximum Gasteiger partial charge on any atom is 0.459 e. The van der Waals surface area contributed by atoms with Gasteiger partial charge in [-0.3, -0.25) is 0 Å². The molecule has 0 rings (SSSR count). The number of rotatable bonds is 2. The Morgan fingerprint density at radius 3 is 1.14 bits per heavy atom. The zero-order valence-electron chi connectivity index (χ0n) is 10.4. The van der Waals surface area contributed by atoms with Crippen LogP contribution < -0.4 is 0 Å². The highest BCUT2D eigenvalue weighted by molar-refractivity contribution is 7.11. The number of carbonyl (C=O) groups is 2. The Labute approximate surface area is 91.5 Å². The molecule has 0 unspecified atom stereocenters. The third-order valence-corrected chi connectivity index (χ3v) is 5.57. The van der Waals surface area contributed by atoms with Gasteiger partial charge < -0.3 is 9.59 Å². The van der Waals surface area contributed by atoms with Crippen molar-refractivity contribution >= 4 is 23.4 Å². The average Bonchev–Trinajstić information content (AvgIpc) is 1.97. The van der Waals surface area contributed by atoms with Gasteiger partial charge in [-0.2, -0.15) is 0 Å². The quantitative estimate of drug-likeness (QED) is 0.659. The lowest BCUT2D eigenvalue weighted by molar-refractivity contribution is -0.122. The Balaban J connectivity index is 4.74. The fraction of sp³-hybridized carbons (Fsp3) is 0.818. The number of carbonyl (C=O) groups excluding carboxylic acids is 2. The van der Waals surface area contributed by atoms with Crippen LogP contribution in [-0.4, -0.2) is 23.4 Å². The Kier molecular flexibility index (Phi) is 4.13. The summed E-state index contributed by atoms with van der Waals surface area (Å²) >= 11 is -1.92. The topological polar surface area (TPSA) is 34.1 Å². The van der Waals surface area contributed by atoms with Crippen LogP contribution in [0.25, 0.3) is 0 Å². The Morgan fingerprint density at radius 2 is 1.00 bits per heavy atom. The minimum absolute atomic E-state index is 0.164. The van der Waals surface area contributed by atoms with Gasteiger partial charge in [0, 0.05) is 10.8 Å². The van der Waals surface area contributed by atoms with Crippen molar-refractivity contribution < 1.29 is 9.59 Å². The first-order valence-electron chi connectivity index (χ1n) is 5.06. The summed E-state index contributed by atoms with van der Waals surface area (Å²) in [4.78, 5) is 23.8. The monoisotopic (exact) mass is 212 g/mol. The fourth-order valence-electron chi connectivity index (χ4n) is 1.42. The van der Waals surface area contributed by atoms with Crippen LogP contribution in [-0.2, 0) is 9.59 Å². The van der Waals surface area contributed by atoms with E-state index in [1.807, 2.05) is 47.3 Å². The van der Waals surface area contributed by atoms with Crippen LogP contribution in [0.15, 0.2) is 0 Å². The number of hydrogen-bond donors (Lipinski definition) is 0. The summed E-state index contributed by atoms with van der Waals surface area (Å²) in [5, 5.41) is 0. The van der Waals surface area contributed by atoms with Crippen LogP contribution in [0.4, 0.5) is 0 Å². The molecule has 0 bridgehead atoms. The highest BCUT2D eigenvalue weighted by Gasteiger charge is 2.41.